The van der Waals surface area contributed by atoms with Crippen LogP contribution in [0.4, 0.5) is 4.79 Å². The number of aliphatic hydroxyl groups excluding tert-OH is 1. The van der Waals surface area contributed by atoms with E-state index in [9.17, 15) is 54.6 Å². The summed E-state index contributed by atoms with van der Waals surface area (Å²) in [6.45, 7) is -0.126. The number of carbonyl (C=O) groups excluding carboxylic acids is 6. The van der Waals surface area contributed by atoms with Crippen LogP contribution in [0.5, 0.6) is 46.0 Å². The summed E-state index contributed by atoms with van der Waals surface area (Å²) in [6.07, 6.45) is -3.38. The summed E-state index contributed by atoms with van der Waals surface area (Å²) in [4.78, 5) is 98.0. The Kier molecular flexibility index (Phi) is 17.9. The molecule has 13 N–H and O–H groups in total. The van der Waals surface area contributed by atoms with Crippen LogP contribution < -0.4 is 41.8 Å². The minimum atomic E-state index is -2.08. The average Bonchev–Trinajstić information content (AvgIpc) is 1.43. The Balaban J connectivity index is 1.16. The van der Waals surface area contributed by atoms with E-state index < -0.39 is 119 Å². The van der Waals surface area contributed by atoms with Gasteiger partial charge in [0.15, 0.2) is 17.5 Å². The fraction of sp³-hybridized carbons (Fsp3) is 0.183. The second kappa shape index (κ2) is 25.6. The molecule has 7 atom stereocenters. The zero-order valence-corrected chi connectivity index (χ0v) is 46.0. The summed E-state index contributed by atoms with van der Waals surface area (Å²) in [5.74, 6) is -11.1. The zero-order chi connectivity index (χ0) is 60.8. The maximum Gasteiger partial charge on any atom is 0.408 e. The summed E-state index contributed by atoms with van der Waals surface area (Å²) in [7, 11) is 0.982. The molecule has 23 nitrogen and oxygen atoms in total. The van der Waals surface area contributed by atoms with Gasteiger partial charge in [0.1, 0.15) is 65.6 Å². The molecular weight excluding hydrogens is 1150 g/mol. The molecule has 0 fully saturated rings. The molecule has 10 rings (SSSR count). The number of nitrogens with two attached hydrogens (primary N) is 1. The first kappa shape index (κ1) is 59.5. The predicted octanol–water partition coefficient (Wildman–Crippen LogP) is 6.45. The van der Waals surface area contributed by atoms with E-state index in [-0.39, 0.29) is 74.4 Å². The molecule has 3 heterocycles. The molecule has 7 aromatic carbocycles. The molecule has 8 bridgehead atoms. The number of carboxylic acids is 1. The Morgan fingerprint density at radius 3 is 2.07 bits per heavy atom. The van der Waals surface area contributed by atoms with Gasteiger partial charge >= 0.3 is 18.0 Å². The quantitative estimate of drug-likeness (QED) is 0.0552. The van der Waals surface area contributed by atoms with E-state index in [1.165, 1.54) is 36.4 Å². The number of methoxy groups -OCH3 is 1. The van der Waals surface area contributed by atoms with E-state index in [1.807, 2.05) is 0 Å². The number of rotatable bonds is 13. The first-order valence-corrected chi connectivity index (χ1v) is 26.6. The maximum atomic E-state index is 15.4. The number of amides is 5. The Labute approximate surface area is 492 Å². The van der Waals surface area contributed by atoms with Crippen molar-refractivity contribution in [3.63, 3.8) is 0 Å². The summed E-state index contributed by atoms with van der Waals surface area (Å²) in [6, 6.07) is 22.0. The number of carboxylic acid groups (broad SMARTS) is 1. The number of aliphatic hydroxyl groups is 1. The number of ether oxygens (including phenoxy) is 4. The lowest BCUT2D eigenvalue weighted by atomic mass is 9.89. The van der Waals surface area contributed by atoms with Gasteiger partial charge in [-0.05, 0) is 94.4 Å². The van der Waals surface area contributed by atoms with Gasteiger partial charge in [0.25, 0.3) is 0 Å². The second-order valence-corrected chi connectivity index (χ2v) is 20.4. The van der Waals surface area contributed by atoms with Crippen molar-refractivity contribution < 1.29 is 83.1 Å². The van der Waals surface area contributed by atoms with Crippen molar-refractivity contribution in [2.45, 2.75) is 61.8 Å². The third-order valence-electron chi connectivity index (χ3n) is 13.8. The smallest absolute Gasteiger partial charge is 0.408 e. The number of aliphatic carboxylic acids is 1. The number of aromatic hydroxyl groups is 4. The lowest BCUT2D eigenvalue weighted by Crippen LogP contribution is -2.55. The van der Waals surface area contributed by atoms with Crippen molar-refractivity contribution >= 4 is 64.9 Å². The van der Waals surface area contributed by atoms with Gasteiger partial charge in [-0.1, -0.05) is 102 Å². The first-order chi connectivity index (χ1) is 40.6. The summed E-state index contributed by atoms with van der Waals surface area (Å²) < 4.78 is 22.6. The summed E-state index contributed by atoms with van der Waals surface area (Å²) in [5, 5.41) is 79.8. The number of nitrogens with one attached hydrogen (secondary N) is 5. The molecule has 3 aliphatic rings. The van der Waals surface area contributed by atoms with E-state index in [2.05, 4.69) is 26.6 Å². The number of alkyl carbamates (subject to hydrolysis) is 1. The van der Waals surface area contributed by atoms with E-state index >= 15 is 9.59 Å². The molecule has 7 aromatic rings. The minimum absolute atomic E-state index is 0.0417. The third kappa shape index (κ3) is 13.6. The molecule has 0 unspecified atom stereocenters. The monoisotopic (exact) mass is 1200 g/mol. The lowest BCUT2D eigenvalue weighted by molar-refractivity contribution is -0.146. The number of esters is 1. The van der Waals surface area contributed by atoms with Gasteiger partial charge < -0.3 is 81.9 Å². The minimum Gasteiger partial charge on any atom is -0.508 e. The van der Waals surface area contributed by atoms with Gasteiger partial charge in [0.2, 0.25) is 29.4 Å². The number of benzene rings is 7. The van der Waals surface area contributed by atoms with Crippen molar-refractivity contribution in [3.05, 3.63) is 189 Å². The average molecular weight is 1200 g/mol. The highest BCUT2D eigenvalue weighted by Crippen LogP contribution is 2.47. The second-order valence-electron chi connectivity index (χ2n) is 19.6. The number of halogens is 2. The van der Waals surface area contributed by atoms with Crippen molar-refractivity contribution in [3.8, 4) is 57.1 Å². The number of carbonyl (C=O) groups is 7. The highest BCUT2D eigenvalue weighted by molar-refractivity contribution is 6.32. The third-order valence-corrected chi connectivity index (χ3v) is 14.4. The molecule has 5 amide bonds. The molecule has 3 aliphatic heterocycles. The Morgan fingerprint density at radius 1 is 0.682 bits per heavy atom. The van der Waals surface area contributed by atoms with E-state index in [4.69, 9.17) is 47.9 Å². The number of hydrogen-bond acceptors (Lipinski definition) is 17. The van der Waals surface area contributed by atoms with E-state index in [0.717, 1.165) is 49.6 Å². The van der Waals surface area contributed by atoms with Gasteiger partial charge in [-0.2, -0.15) is 0 Å². The molecule has 0 saturated heterocycles. The van der Waals surface area contributed by atoms with Crippen LogP contribution in [-0.4, -0.2) is 97.5 Å². The Hall–Kier alpha value is -10.1. The molecule has 0 saturated carbocycles. The van der Waals surface area contributed by atoms with Crippen LogP contribution in [-0.2, 0) is 57.7 Å². The normalized spacial score (nSPS) is 18.0. The fourth-order valence-electron chi connectivity index (χ4n) is 9.50. The van der Waals surface area contributed by atoms with Crippen molar-refractivity contribution in [1.29, 1.82) is 0 Å². The molecule has 0 aromatic heterocycles. The zero-order valence-electron chi connectivity index (χ0n) is 44.4. The van der Waals surface area contributed by atoms with Gasteiger partial charge in [-0.15, -0.1) is 0 Å². The van der Waals surface area contributed by atoms with Crippen molar-refractivity contribution in [1.82, 2.24) is 26.6 Å². The molecule has 0 aliphatic carbocycles. The molecule has 438 valence electrons. The van der Waals surface area contributed by atoms with Crippen LogP contribution in [0.3, 0.4) is 0 Å². The van der Waals surface area contributed by atoms with Crippen LogP contribution >= 0.6 is 23.2 Å². The molecule has 85 heavy (non-hydrogen) atoms. The Bertz CT molecular complexity index is 3760. The van der Waals surface area contributed by atoms with Gasteiger partial charge in [-0.25, -0.2) is 14.4 Å². The van der Waals surface area contributed by atoms with Crippen LogP contribution in [0.1, 0.15) is 63.2 Å². The summed E-state index contributed by atoms with van der Waals surface area (Å²) >= 11 is 13.6. The molecular formula is C60H52Cl2N6O17. The van der Waals surface area contributed by atoms with Crippen molar-refractivity contribution in [2.24, 2.45) is 5.73 Å². The number of phenolic OH excluding ortho intramolecular Hbond substituents is 4. The van der Waals surface area contributed by atoms with E-state index in [0.29, 0.717) is 16.7 Å². The van der Waals surface area contributed by atoms with Gasteiger partial charge in [0, 0.05) is 29.2 Å². The molecule has 0 spiro atoms. The van der Waals surface area contributed by atoms with Gasteiger partial charge in [-0.3, -0.25) is 19.2 Å². The van der Waals surface area contributed by atoms with Crippen molar-refractivity contribution in [2.75, 3.05) is 7.11 Å². The highest BCUT2D eigenvalue weighted by atomic mass is 35.5. The van der Waals surface area contributed by atoms with E-state index in [1.54, 1.807) is 60.7 Å². The highest BCUT2D eigenvalue weighted by Gasteiger charge is 2.40. The predicted molar refractivity (Wildman–Crippen MR) is 303 cm³/mol. The van der Waals surface area contributed by atoms with Gasteiger partial charge in [0.05, 0.1) is 23.2 Å². The number of phenols is 4. The lowest BCUT2D eigenvalue weighted by Gasteiger charge is -2.31. The number of fused-ring (bicyclic) bond motifs is 8. The van der Waals surface area contributed by atoms with Crippen LogP contribution in [0.2, 0.25) is 10.0 Å². The SMILES string of the molecule is COC(=O)[C@@H]1NC(=O)[C@H]2NC(=O)[C@H](NC(=O)[C@H](NC(=O)[C@@H](N)Cc3ccccc3)c3cc(Oc4ccc(C[C@@H](NC(=O)OCc5ccccc5)C(=O)O)cc4Cl)c(O)c(c3)Oc3ccc(cc3Cl)[C@H]2O)c2ccc(O)c(c2)-c2c(O)cc(O)cc21. The first-order valence-electron chi connectivity index (χ1n) is 25.8. The van der Waals surface area contributed by atoms with Crippen LogP contribution in [0.15, 0.2) is 140 Å². The maximum absolute atomic E-state index is 15.4. The Morgan fingerprint density at radius 2 is 1.39 bits per heavy atom. The molecule has 25 heteroatoms. The fourth-order valence-corrected chi connectivity index (χ4v) is 9.97. The topological polar surface area (TPSA) is 364 Å². The summed E-state index contributed by atoms with van der Waals surface area (Å²) in [5.41, 5.74) is 6.58. The standard InChI is InChI=1S/C60H52Cl2N6O17/c1-82-59(80)50-36-25-34(69)26-42(71)47(36)35-21-31(13-15-41(35)70)48-55(75)68-51(57(77)67-50)52(72)32-14-17-44(38(62)22-32)85-46-24-33(49(56(76)66-48)65-54(74)39(63)19-28-8-4-2-5-9-28)23-45(53(46)73)84-43-16-12-30(18-37(43)61)20-40(58(78)79)64-60(81)83-27-29-10-6-3-7-11-29/h2-18,21-26,39-40,48-52,69-73H,19-20,27,63H2,1H3,(H,64,81)(H,65,74)(H,66,76)(H,67,77)(H,68,75)(H,78,79)/t39-,40+,48+,49+,50+,51-,52+/m0/s1. The largest absolute Gasteiger partial charge is 0.508 e. The van der Waals surface area contributed by atoms with Crippen LogP contribution in [0.25, 0.3) is 11.1 Å². The van der Waals surface area contributed by atoms with Crippen LogP contribution in [0, 0.1) is 0 Å². The molecule has 0 radical (unpaired) electrons. The number of hydrogen-bond donors (Lipinski definition) is 12.